The normalized spacial score (nSPS) is 24.8. The summed E-state index contributed by atoms with van der Waals surface area (Å²) >= 11 is 1.53. The fraction of sp³-hybridized carbons (Fsp3) is 0.667. The molecule has 1 aromatic heterocycles. The molecule has 1 N–H and O–H groups in total. The van der Waals surface area contributed by atoms with Gasteiger partial charge in [0.05, 0.1) is 17.7 Å². The second-order valence-corrected chi connectivity index (χ2v) is 6.65. The van der Waals surface area contributed by atoms with E-state index in [0.717, 1.165) is 31.4 Å². The summed E-state index contributed by atoms with van der Waals surface area (Å²) in [5.41, 5.74) is 2.68. The Balaban J connectivity index is 1.74. The first-order chi connectivity index (χ1) is 10.2. The molecule has 1 aromatic rings. The van der Waals surface area contributed by atoms with Gasteiger partial charge in [0.1, 0.15) is 6.04 Å². The van der Waals surface area contributed by atoms with Gasteiger partial charge in [-0.1, -0.05) is 19.3 Å². The average molecular weight is 307 g/mol. The van der Waals surface area contributed by atoms with Crippen molar-refractivity contribution in [2.45, 2.75) is 51.1 Å². The minimum absolute atomic E-state index is 0.000277. The van der Waals surface area contributed by atoms with E-state index in [4.69, 9.17) is 0 Å². The average Bonchev–Trinajstić information content (AvgIpc) is 2.97. The van der Waals surface area contributed by atoms with Gasteiger partial charge in [0.25, 0.3) is 0 Å². The van der Waals surface area contributed by atoms with Gasteiger partial charge in [-0.15, -0.1) is 11.3 Å². The van der Waals surface area contributed by atoms with Crippen LogP contribution in [-0.2, 0) is 16.1 Å². The third kappa shape index (κ3) is 3.43. The van der Waals surface area contributed by atoms with Crippen LogP contribution in [0.3, 0.4) is 0 Å². The molecule has 0 radical (unpaired) electrons. The van der Waals surface area contributed by atoms with Crippen molar-refractivity contribution in [2.75, 3.05) is 6.54 Å². The lowest BCUT2D eigenvalue weighted by Crippen LogP contribution is -2.49. The van der Waals surface area contributed by atoms with Gasteiger partial charge in [0.2, 0.25) is 11.8 Å². The highest BCUT2D eigenvalue weighted by Gasteiger charge is 2.36. The summed E-state index contributed by atoms with van der Waals surface area (Å²) in [6.07, 6.45) is 6.04. The smallest absolute Gasteiger partial charge is 0.245 e. The Labute approximate surface area is 128 Å². The topological polar surface area (TPSA) is 62.3 Å². The van der Waals surface area contributed by atoms with Gasteiger partial charge in [-0.2, -0.15) is 0 Å². The molecule has 0 aromatic carbocycles. The van der Waals surface area contributed by atoms with Gasteiger partial charge < -0.3 is 10.2 Å². The van der Waals surface area contributed by atoms with Crippen molar-refractivity contribution in [3.05, 3.63) is 16.6 Å². The zero-order valence-corrected chi connectivity index (χ0v) is 12.9. The Morgan fingerprint density at radius 3 is 2.81 bits per heavy atom. The third-order valence-corrected chi connectivity index (χ3v) is 5.10. The van der Waals surface area contributed by atoms with E-state index in [2.05, 4.69) is 10.3 Å². The summed E-state index contributed by atoms with van der Waals surface area (Å²) < 4.78 is 0. The monoisotopic (exact) mass is 307 g/mol. The Bertz CT molecular complexity index is 497. The SMILES string of the molecule is O=C1CCN(Cc2cscn2)C(=O)C(C2CCCCC2)N1. The number of nitrogens with one attached hydrogen (secondary N) is 1. The molecule has 0 spiro atoms. The number of carbonyl (C=O) groups is 2. The van der Waals surface area contributed by atoms with Crippen LogP contribution >= 0.6 is 11.3 Å². The number of nitrogens with zero attached hydrogens (tertiary/aromatic N) is 2. The van der Waals surface area contributed by atoms with E-state index in [1.165, 1.54) is 17.8 Å². The number of thiazole rings is 1. The van der Waals surface area contributed by atoms with Crippen molar-refractivity contribution in [1.29, 1.82) is 0 Å². The highest BCUT2D eigenvalue weighted by atomic mass is 32.1. The Kier molecular flexibility index (Phi) is 4.53. The van der Waals surface area contributed by atoms with Crippen molar-refractivity contribution in [3.63, 3.8) is 0 Å². The molecule has 1 saturated heterocycles. The van der Waals surface area contributed by atoms with Crippen molar-refractivity contribution in [2.24, 2.45) is 5.92 Å². The molecule has 1 aliphatic carbocycles. The summed E-state index contributed by atoms with van der Waals surface area (Å²) in [6, 6.07) is -0.334. The maximum atomic E-state index is 12.8. The molecule has 5 nitrogen and oxygen atoms in total. The standard InChI is InChI=1S/C15H21N3O2S/c19-13-6-7-18(8-12-9-21-10-16-12)15(20)14(17-13)11-4-2-1-3-5-11/h9-11,14H,1-8H2,(H,17,19). The molecule has 2 heterocycles. The van der Waals surface area contributed by atoms with Crippen LogP contribution < -0.4 is 5.32 Å². The first kappa shape index (κ1) is 14.5. The molecular formula is C15H21N3O2S. The maximum absolute atomic E-state index is 12.8. The molecule has 1 unspecified atom stereocenters. The summed E-state index contributed by atoms with van der Waals surface area (Å²) in [5.74, 6) is 0.367. The number of hydrogen-bond donors (Lipinski definition) is 1. The fourth-order valence-electron chi connectivity index (χ4n) is 3.31. The van der Waals surface area contributed by atoms with Crippen LogP contribution in [0.1, 0.15) is 44.2 Å². The summed E-state index contributed by atoms with van der Waals surface area (Å²) in [5, 5.41) is 4.92. The zero-order valence-electron chi connectivity index (χ0n) is 12.1. The third-order valence-electron chi connectivity index (χ3n) is 4.46. The molecule has 1 saturated carbocycles. The van der Waals surface area contributed by atoms with Crippen LogP contribution in [0.25, 0.3) is 0 Å². The summed E-state index contributed by atoms with van der Waals surface area (Å²) in [4.78, 5) is 30.8. The van der Waals surface area contributed by atoms with E-state index in [0.29, 0.717) is 25.4 Å². The number of aromatic nitrogens is 1. The number of amides is 2. The molecule has 3 rings (SSSR count). The van der Waals surface area contributed by atoms with Crippen LogP contribution in [0.2, 0.25) is 0 Å². The predicted octanol–water partition coefficient (Wildman–Crippen LogP) is 1.94. The number of carbonyl (C=O) groups excluding carboxylic acids is 2. The van der Waals surface area contributed by atoms with Crippen molar-refractivity contribution in [3.8, 4) is 0 Å². The largest absolute Gasteiger partial charge is 0.344 e. The lowest BCUT2D eigenvalue weighted by molar-refractivity contribution is -0.136. The number of rotatable bonds is 3. The molecular weight excluding hydrogens is 286 g/mol. The maximum Gasteiger partial charge on any atom is 0.245 e. The molecule has 1 atom stereocenters. The number of hydrogen-bond acceptors (Lipinski definition) is 4. The van der Waals surface area contributed by atoms with E-state index in [1.54, 1.807) is 10.4 Å². The van der Waals surface area contributed by atoms with Gasteiger partial charge in [-0.05, 0) is 18.8 Å². The molecule has 0 bridgehead atoms. The van der Waals surface area contributed by atoms with Gasteiger partial charge >= 0.3 is 0 Å². The van der Waals surface area contributed by atoms with Crippen LogP contribution in [-0.4, -0.2) is 34.3 Å². The minimum Gasteiger partial charge on any atom is -0.344 e. The zero-order chi connectivity index (χ0) is 14.7. The van der Waals surface area contributed by atoms with E-state index >= 15 is 0 Å². The van der Waals surface area contributed by atoms with Crippen LogP contribution in [0.4, 0.5) is 0 Å². The lowest BCUT2D eigenvalue weighted by Gasteiger charge is -2.31. The first-order valence-electron chi connectivity index (χ1n) is 7.69. The molecule has 1 aliphatic heterocycles. The van der Waals surface area contributed by atoms with Crippen LogP contribution in [0.5, 0.6) is 0 Å². The molecule has 2 aliphatic rings. The molecule has 2 amide bonds. The Morgan fingerprint density at radius 2 is 2.10 bits per heavy atom. The van der Waals surface area contributed by atoms with Crippen molar-refractivity contribution >= 4 is 23.2 Å². The lowest BCUT2D eigenvalue weighted by atomic mass is 9.83. The van der Waals surface area contributed by atoms with Crippen LogP contribution in [0.15, 0.2) is 10.9 Å². The van der Waals surface area contributed by atoms with Crippen molar-refractivity contribution < 1.29 is 9.59 Å². The van der Waals surface area contributed by atoms with E-state index in [9.17, 15) is 9.59 Å². The summed E-state index contributed by atoms with van der Waals surface area (Å²) in [7, 11) is 0. The molecule has 6 heteroatoms. The highest BCUT2D eigenvalue weighted by molar-refractivity contribution is 7.07. The predicted molar refractivity (Wildman–Crippen MR) is 80.7 cm³/mol. The van der Waals surface area contributed by atoms with E-state index in [1.807, 2.05) is 5.38 Å². The van der Waals surface area contributed by atoms with Crippen molar-refractivity contribution in [1.82, 2.24) is 15.2 Å². The highest BCUT2D eigenvalue weighted by Crippen LogP contribution is 2.28. The first-order valence-corrected chi connectivity index (χ1v) is 8.63. The van der Waals surface area contributed by atoms with Crippen LogP contribution in [0, 0.1) is 5.92 Å². The Morgan fingerprint density at radius 1 is 1.29 bits per heavy atom. The van der Waals surface area contributed by atoms with E-state index in [-0.39, 0.29) is 17.9 Å². The van der Waals surface area contributed by atoms with Gasteiger partial charge in [0.15, 0.2) is 0 Å². The summed E-state index contributed by atoms with van der Waals surface area (Å²) in [6.45, 7) is 1.01. The van der Waals surface area contributed by atoms with Gasteiger partial charge in [0, 0.05) is 18.3 Å². The molecule has 114 valence electrons. The van der Waals surface area contributed by atoms with Gasteiger partial charge in [-0.25, -0.2) is 4.98 Å². The fourth-order valence-corrected chi connectivity index (χ4v) is 3.86. The van der Waals surface area contributed by atoms with E-state index < -0.39 is 0 Å². The second kappa shape index (κ2) is 6.56. The molecule has 2 fully saturated rings. The Hall–Kier alpha value is -1.43. The second-order valence-electron chi connectivity index (χ2n) is 5.93. The van der Waals surface area contributed by atoms with Gasteiger partial charge in [-0.3, -0.25) is 9.59 Å². The minimum atomic E-state index is -0.334. The quantitative estimate of drug-likeness (QED) is 0.928. The molecule has 21 heavy (non-hydrogen) atoms.